The smallest absolute Gasteiger partial charge is 0.165 e. The highest BCUT2D eigenvalue weighted by Crippen LogP contribution is 2.51. The van der Waals surface area contributed by atoms with Crippen LogP contribution in [0.15, 0.2) is 0 Å². The van der Waals surface area contributed by atoms with Crippen LogP contribution in [-0.2, 0) is 9.53 Å². The summed E-state index contributed by atoms with van der Waals surface area (Å²) in [6.45, 7) is 10.9. The van der Waals surface area contributed by atoms with E-state index in [2.05, 4.69) is 34.6 Å². The van der Waals surface area contributed by atoms with Crippen molar-refractivity contribution < 1.29 is 9.53 Å². The molecule has 20 heavy (non-hydrogen) atoms. The van der Waals surface area contributed by atoms with Gasteiger partial charge in [0.25, 0.3) is 0 Å². The van der Waals surface area contributed by atoms with E-state index in [9.17, 15) is 4.79 Å². The van der Waals surface area contributed by atoms with E-state index in [4.69, 9.17) is 4.74 Å². The van der Waals surface area contributed by atoms with E-state index in [1.54, 1.807) is 7.11 Å². The summed E-state index contributed by atoms with van der Waals surface area (Å²) in [5, 5.41) is 0. The number of ketones is 1. The second-order valence-electron chi connectivity index (χ2n) is 8.06. The lowest BCUT2D eigenvalue weighted by molar-refractivity contribution is -0.172. The molecule has 0 radical (unpaired) electrons. The second kappa shape index (κ2) is 6.60. The summed E-state index contributed by atoms with van der Waals surface area (Å²) >= 11 is 0. The minimum absolute atomic E-state index is 0.0122. The highest BCUT2D eigenvalue weighted by Gasteiger charge is 2.54. The summed E-state index contributed by atoms with van der Waals surface area (Å²) in [6, 6.07) is 0. The van der Waals surface area contributed by atoms with E-state index >= 15 is 0 Å². The molecule has 0 heterocycles. The van der Waals surface area contributed by atoms with E-state index in [1.807, 2.05) is 0 Å². The molecule has 0 bridgehead atoms. The van der Waals surface area contributed by atoms with Crippen LogP contribution in [-0.4, -0.2) is 18.5 Å². The Hall–Kier alpha value is -0.370. The maximum atomic E-state index is 13.0. The van der Waals surface area contributed by atoms with Gasteiger partial charge in [0, 0.05) is 18.9 Å². The zero-order valence-electron chi connectivity index (χ0n) is 14.5. The van der Waals surface area contributed by atoms with Crippen molar-refractivity contribution in [3.8, 4) is 0 Å². The van der Waals surface area contributed by atoms with E-state index < -0.39 is 5.60 Å². The number of hydrogen-bond donors (Lipinski definition) is 0. The third-order valence-corrected chi connectivity index (χ3v) is 5.05. The van der Waals surface area contributed by atoms with Gasteiger partial charge in [0.05, 0.1) is 0 Å². The molecule has 0 aromatic rings. The summed E-state index contributed by atoms with van der Waals surface area (Å²) in [5.74, 6) is 0.325. The third kappa shape index (κ3) is 3.63. The van der Waals surface area contributed by atoms with Crippen LogP contribution < -0.4 is 0 Å². The topological polar surface area (TPSA) is 26.3 Å². The normalized spacial score (nSPS) is 31.3. The van der Waals surface area contributed by atoms with Crippen molar-refractivity contribution in [3.05, 3.63) is 0 Å². The molecule has 1 aliphatic carbocycles. The minimum atomic E-state index is -0.548. The van der Waals surface area contributed by atoms with E-state index in [-0.39, 0.29) is 10.8 Å². The monoisotopic (exact) mass is 282 g/mol. The second-order valence-corrected chi connectivity index (χ2v) is 8.06. The van der Waals surface area contributed by atoms with Crippen LogP contribution in [0.4, 0.5) is 0 Å². The number of unbranched alkanes of at least 4 members (excludes halogenated alkanes) is 1. The summed E-state index contributed by atoms with van der Waals surface area (Å²) in [5.41, 5.74) is -0.502. The Bertz CT molecular complexity index is 329. The van der Waals surface area contributed by atoms with Crippen molar-refractivity contribution in [2.75, 3.05) is 7.11 Å². The first kappa shape index (κ1) is 17.7. The Labute approximate surface area is 125 Å². The van der Waals surface area contributed by atoms with Gasteiger partial charge < -0.3 is 4.74 Å². The molecule has 0 aromatic heterocycles. The molecular formula is C18H34O2. The van der Waals surface area contributed by atoms with Gasteiger partial charge in [-0.3, -0.25) is 4.79 Å². The molecule has 118 valence electrons. The predicted molar refractivity (Wildman–Crippen MR) is 84.9 cm³/mol. The first-order valence-corrected chi connectivity index (χ1v) is 8.29. The average molecular weight is 282 g/mol. The lowest BCUT2D eigenvalue weighted by atomic mass is 9.59. The van der Waals surface area contributed by atoms with Crippen LogP contribution in [0, 0.1) is 10.8 Å². The minimum Gasteiger partial charge on any atom is -0.370 e. The Morgan fingerprint density at radius 3 is 2.30 bits per heavy atom. The Kier molecular flexibility index (Phi) is 5.83. The first-order valence-electron chi connectivity index (χ1n) is 8.29. The number of carbonyl (C=O) groups is 1. The molecule has 0 aromatic carbocycles. The molecule has 2 heteroatoms. The lowest BCUT2D eigenvalue weighted by Gasteiger charge is -2.51. The molecule has 0 amide bonds. The van der Waals surface area contributed by atoms with Crippen LogP contribution in [0.2, 0.25) is 0 Å². The van der Waals surface area contributed by atoms with Crippen LogP contribution >= 0.6 is 0 Å². The highest BCUT2D eigenvalue weighted by molar-refractivity contribution is 5.89. The maximum Gasteiger partial charge on any atom is 0.165 e. The average Bonchev–Trinajstić information content (AvgIpc) is 2.35. The van der Waals surface area contributed by atoms with Gasteiger partial charge in [-0.25, -0.2) is 0 Å². The quantitative estimate of drug-likeness (QED) is 0.673. The summed E-state index contributed by atoms with van der Waals surface area (Å²) in [7, 11) is 1.75. The van der Waals surface area contributed by atoms with Gasteiger partial charge in [0.2, 0.25) is 0 Å². The van der Waals surface area contributed by atoms with Crippen molar-refractivity contribution in [1.29, 1.82) is 0 Å². The van der Waals surface area contributed by atoms with Crippen LogP contribution in [0.3, 0.4) is 0 Å². The molecule has 0 saturated heterocycles. The molecule has 2 atom stereocenters. The molecule has 0 spiro atoms. The number of methoxy groups -OCH3 is 1. The zero-order valence-corrected chi connectivity index (χ0v) is 14.5. The first-order chi connectivity index (χ1) is 9.21. The molecule has 2 unspecified atom stereocenters. The van der Waals surface area contributed by atoms with E-state index in [0.29, 0.717) is 12.2 Å². The van der Waals surface area contributed by atoms with Crippen molar-refractivity contribution in [3.63, 3.8) is 0 Å². The molecule has 1 fully saturated rings. The standard InChI is InChI=1S/C18H34O2/c1-7-8-11-17(5)12-9-10-13-18(17,20-6)15(19)14-16(2,3)4/h7-14H2,1-6H3. The Balaban J connectivity index is 3.04. The van der Waals surface area contributed by atoms with Crippen LogP contribution in [0.25, 0.3) is 0 Å². The van der Waals surface area contributed by atoms with Crippen molar-refractivity contribution in [1.82, 2.24) is 0 Å². The molecule has 2 nitrogen and oxygen atoms in total. The maximum absolute atomic E-state index is 13.0. The fraction of sp³-hybridized carbons (Fsp3) is 0.944. The molecule has 1 aliphatic rings. The number of ether oxygens (including phenoxy) is 1. The highest BCUT2D eigenvalue weighted by atomic mass is 16.5. The predicted octanol–water partition coefficient (Wildman–Crippen LogP) is 5.15. The SMILES string of the molecule is CCCCC1(C)CCCCC1(OC)C(=O)CC(C)(C)C. The zero-order chi connectivity index (χ0) is 15.4. The van der Waals surface area contributed by atoms with Gasteiger partial charge in [0.15, 0.2) is 5.78 Å². The van der Waals surface area contributed by atoms with Crippen molar-refractivity contribution >= 4 is 5.78 Å². The summed E-state index contributed by atoms with van der Waals surface area (Å²) in [4.78, 5) is 13.0. The largest absolute Gasteiger partial charge is 0.370 e. The van der Waals surface area contributed by atoms with Gasteiger partial charge >= 0.3 is 0 Å². The lowest BCUT2D eigenvalue weighted by Crippen LogP contribution is -2.56. The fourth-order valence-electron chi connectivity index (χ4n) is 3.85. The Morgan fingerprint density at radius 1 is 1.20 bits per heavy atom. The van der Waals surface area contributed by atoms with Gasteiger partial charge in [0.1, 0.15) is 5.60 Å². The van der Waals surface area contributed by atoms with Gasteiger partial charge in [-0.05, 0) is 24.7 Å². The van der Waals surface area contributed by atoms with Crippen molar-refractivity contribution in [2.24, 2.45) is 10.8 Å². The summed E-state index contributed by atoms with van der Waals surface area (Å²) < 4.78 is 5.95. The van der Waals surface area contributed by atoms with E-state index in [0.717, 1.165) is 25.7 Å². The number of hydrogen-bond acceptors (Lipinski definition) is 2. The van der Waals surface area contributed by atoms with Gasteiger partial charge in [-0.1, -0.05) is 60.3 Å². The van der Waals surface area contributed by atoms with Crippen molar-refractivity contribution in [2.45, 2.75) is 91.6 Å². The van der Waals surface area contributed by atoms with E-state index in [1.165, 1.54) is 19.3 Å². The molecule has 1 saturated carbocycles. The number of carbonyl (C=O) groups excluding carboxylic acids is 1. The molecule has 0 N–H and O–H groups in total. The third-order valence-electron chi connectivity index (χ3n) is 5.05. The number of rotatable bonds is 6. The summed E-state index contributed by atoms with van der Waals surface area (Å²) in [6.07, 6.45) is 8.46. The molecule has 0 aliphatic heterocycles. The Morgan fingerprint density at radius 2 is 1.80 bits per heavy atom. The van der Waals surface area contributed by atoms with Gasteiger partial charge in [-0.2, -0.15) is 0 Å². The molecular weight excluding hydrogens is 248 g/mol. The van der Waals surface area contributed by atoms with Gasteiger partial charge in [-0.15, -0.1) is 0 Å². The van der Waals surface area contributed by atoms with Crippen LogP contribution in [0.1, 0.15) is 86.0 Å². The fourth-order valence-corrected chi connectivity index (χ4v) is 3.85. The van der Waals surface area contributed by atoms with Crippen LogP contribution in [0.5, 0.6) is 0 Å². The molecule has 1 rings (SSSR count). The number of Topliss-reactive ketones (excluding diaryl/α,β-unsaturated/α-hetero) is 1.